The molecule has 0 fully saturated rings. The van der Waals surface area contributed by atoms with E-state index in [-0.39, 0.29) is 0 Å². The molecule has 0 atom stereocenters. The number of hydrogen-bond donors (Lipinski definition) is 2. The molecule has 0 saturated heterocycles. The molecule has 2 N–H and O–H groups in total. The minimum Gasteiger partial charge on any atom is -0.497 e. The van der Waals surface area contributed by atoms with Crippen LogP contribution in [0.4, 0.5) is 23.1 Å². The van der Waals surface area contributed by atoms with Crippen LogP contribution in [-0.2, 0) is 0 Å². The van der Waals surface area contributed by atoms with Crippen LogP contribution in [0.5, 0.6) is 17.2 Å². The Balaban J connectivity index is 1.81. The van der Waals surface area contributed by atoms with Gasteiger partial charge >= 0.3 is 0 Å². The Kier molecular flexibility index (Phi) is 5.83. The van der Waals surface area contributed by atoms with Crippen molar-refractivity contribution in [1.82, 2.24) is 9.97 Å². The van der Waals surface area contributed by atoms with Gasteiger partial charge in [0.25, 0.3) is 0 Å². The first-order valence-electron chi connectivity index (χ1n) is 8.05. The fourth-order valence-electron chi connectivity index (χ4n) is 2.41. The van der Waals surface area contributed by atoms with Gasteiger partial charge in [-0.3, -0.25) is 0 Å². The van der Waals surface area contributed by atoms with E-state index in [1.165, 1.54) is 0 Å². The van der Waals surface area contributed by atoms with Gasteiger partial charge in [-0.15, -0.1) is 0 Å². The van der Waals surface area contributed by atoms with E-state index in [4.69, 9.17) is 25.8 Å². The lowest BCUT2D eigenvalue weighted by Crippen LogP contribution is -2.01. The summed E-state index contributed by atoms with van der Waals surface area (Å²) in [6.45, 7) is 0. The monoisotopic (exact) mass is 386 g/mol. The molecule has 3 rings (SSSR count). The Labute approximate surface area is 162 Å². The van der Waals surface area contributed by atoms with Gasteiger partial charge in [0.2, 0.25) is 5.95 Å². The van der Waals surface area contributed by atoms with Crippen molar-refractivity contribution in [2.45, 2.75) is 0 Å². The molecule has 0 aliphatic heterocycles. The summed E-state index contributed by atoms with van der Waals surface area (Å²) in [6.07, 6.45) is 1.65. The number of anilines is 4. The maximum atomic E-state index is 6.15. The number of aromatic nitrogens is 2. The summed E-state index contributed by atoms with van der Waals surface area (Å²) in [5, 5.41) is 6.83. The molecular formula is C19H19ClN4O3. The Morgan fingerprint density at radius 2 is 1.63 bits per heavy atom. The Bertz CT molecular complexity index is 937. The summed E-state index contributed by atoms with van der Waals surface area (Å²) in [5.41, 5.74) is 1.48. The predicted octanol–water partition coefficient (Wildman–Crippen LogP) is 4.64. The third-order valence-corrected chi connectivity index (χ3v) is 4.03. The van der Waals surface area contributed by atoms with Crippen molar-refractivity contribution in [3.8, 4) is 17.2 Å². The predicted molar refractivity (Wildman–Crippen MR) is 106 cm³/mol. The van der Waals surface area contributed by atoms with Gasteiger partial charge in [0.15, 0.2) is 0 Å². The molecule has 0 amide bonds. The van der Waals surface area contributed by atoms with E-state index < -0.39 is 0 Å². The maximum absolute atomic E-state index is 6.15. The van der Waals surface area contributed by atoms with E-state index in [1.54, 1.807) is 45.7 Å². The number of rotatable bonds is 7. The van der Waals surface area contributed by atoms with E-state index in [9.17, 15) is 0 Å². The largest absolute Gasteiger partial charge is 0.497 e. The number of nitrogens with zero attached hydrogens (tertiary/aromatic N) is 2. The summed E-state index contributed by atoms with van der Waals surface area (Å²) in [6, 6.07) is 12.6. The van der Waals surface area contributed by atoms with Gasteiger partial charge in [0.05, 0.1) is 32.0 Å². The highest BCUT2D eigenvalue weighted by atomic mass is 35.5. The first-order chi connectivity index (χ1) is 13.1. The Morgan fingerprint density at radius 1 is 0.852 bits per heavy atom. The average molecular weight is 387 g/mol. The van der Waals surface area contributed by atoms with Crippen molar-refractivity contribution < 1.29 is 14.2 Å². The third-order valence-electron chi connectivity index (χ3n) is 3.73. The highest BCUT2D eigenvalue weighted by Gasteiger charge is 2.08. The van der Waals surface area contributed by atoms with Crippen molar-refractivity contribution in [1.29, 1.82) is 0 Å². The minimum atomic E-state index is 0.420. The van der Waals surface area contributed by atoms with Gasteiger partial charge in [0, 0.05) is 18.0 Å². The molecule has 8 heteroatoms. The lowest BCUT2D eigenvalue weighted by atomic mass is 10.2. The molecule has 2 aromatic carbocycles. The number of nitrogens with one attached hydrogen (secondary N) is 2. The van der Waals surface area contributed by atoms with E-state index >= 15 is 0 Å². The molecule has 0 aliphatic carbocycles. The average Bonchev–Trinajstić information content (AvgIpc) is 2.68. The lowest BCUT2D eigenvalue weighted by Gasteiger charge is -2.13. The summed E-state index contributed by atoms with van der Waals surface area (Å²) in [7, 11) is 4.78. The SMILES string of the molecule is COc1ccc(OC)c(Nc2ccnc(Nc3ccc(OC)c(Cl)c3)n2)c1. The van der Waals surface area contributed by atoms with Gasteiger partial charge < -0.3 is 24.8 Å². The number of benzene rings is 2. The molecular weight excluding hydrogens is 368 g/mol. The van der Waals surface area contributed by atoms with Crippen LogP contribution in [0, 0.1) is 0 Å². The zero-order chi connectivity index (χ0) is 19.2. The number of halogens is 1. The fraction of sp³-hybridized carbons (Fsp3) is 0.158. The zero-order valence-electron chi connectivity index (χ0n) is 15.1. The molecule has 0 saturated carbocycles. The second-order valence-electron chi connectivity index (χ2n) is 5.43. The smallest absolute Gasteiger partial charge is 0.229 e. The topological polar surface area (TPSA) is 77.5 Å². The normalized spacial score (nSPS) is 10.2. The molecule has 0 bridgehead atoms. The van der Waals surface area contributed by atoms with Crippen LogP contribution in [0.1, 0.15) is 0 Å². The van der Waals surface area contributed by atoms with Crippen LogP contribution in [0.2, 0.25) is 5.02 Å². The molecule has 0 radical (unpaired) electrons. The van der Waals surface area contributed by atoms with E-state index in [2.05, 4.69) is 20.6 Å². The lowest BCUT2D eigenvalue weighted by molar-refractivity contribution is 0.405. The molecule has 0 aliphatic rings. The van der Waals surface area contributed by atoms with Gasteiger partial charge in [-0.2, -0.15) is 4.98 Å². The number of hydrogen-bond acceptors (Lipinski definition) is 7. The highest BCUT2D eigenvalue weighted by molar-refractivity contribution is 6.32. The summed E-state index contributed by atoms with van der Waals surface area (Å²) in [4.78, 5) is 8.69. The quantitative estimate of drug-likeness (QED) is 0.612. The molecule has 0 spiro atoms. The Morgan fingerprint density at radius 3 is 2.33 bits per heavy atom. The van der Waals surface area contributed by atoms with Crippen LogP contribution >= 0.6 is 11.6 Å². The first kappa shape index (κ1) is 18.6. The van der Waals surface area contributed by atoms with Crippen molar-refractivity contribution in [2.24, 2.45) is 0 Å². The van der Waals surface area contributed by atoms with Gasteiger partial charge in [-0.1, -0.05) is 11.6 Å². The van der Waals surface area contributed by atoms with Crippen molar-refractivity contribution in [3.63, 3.8) is 0 Å². The minimum absolute atomic E-state index is 0.420. The molecule has 140 valence electrons. The molecule has 0 unspecified atom stereocenters. The molecule has 27 heavy (non-hydrogen) atoms. The summed E-state index contributed by atoms with van der Waals surface area (Å²) in [5.74, 6) is 3.00. The van der Waals surface area contributed by atoms with Crippen LogP contribution in [0.3, 0.4) is 0 Å². The maximum Gasteiger partial charge on any atom is 0.229 e. The zero-order valence-corrected chi connectivity index (χ0v) is 15.9. The molecule has 7 nitrogen and oxygen atoms in total. The van der Waals surface area contributed by atoms with Crippen molar-refractivity contribution >= 4 is 34.7 Å². The van der Waals surface area contributed by atoms with E-state index in [0.717, 1.165) is 11.4 Å². The fourth-order valence-corrected chi connectivity index (χ4v) is 2.67. The molecule has 1 heterocycles. The van der Waals surface area contributed by atoms with Crippen LogP contribution < -0.4 is 24.8 Å². The Hall–Kier alpha value is -3.19. The second-order valence-corrected chi connectivity index (χ2v) is 5.84. The standard InChI is InChI=1S/C19H19ClN4O3/c1-25-13-5-7-17(27-3)15(11-13)23-18-8-9-21-19(24-18)22-12-4-6-16(26-2)14(20)10-12/h4-11H,1-3H3,(H2,21,22,23,24). The van der Waals surface area contributed by atoms with Gasteiger partial charge in [-0.25, -0.2) is 4.98 Å². The number of ether oxygens (including phenoxy) is 3. The van der Waals surface area contributed by atoms with E-state index in [0.29, 0.717) is 34.0 Å². The van der Waals surface area contributed by atoms with Crippen LogP contribution in [0.15, 0.2) is 48.7 Å². The van der Waals surface area contributed by atoms with Gasteiger partial charge in [0.1, 0.15) is 23.1 Å². The van der Waals surface area contributed by atoms with Crippen LogP contribution in [0.25, 0.3) is 0 Å². The second kappa shape index (κ2) is 8.46. The third kappa shape index (κ3) is 4.51. The molecule has 3 aromatic rings. The highest BCUT2D eigenvalue weighted by Crippen LogP contribution is 2.31. The first-order valence-corrected chi connectivity index (χ1v) is 8.43. The van der Waals surface area contributed by atoms with Gasteiger partial charge in [-0.05, 0) is 36.4 Å². The van der Waals surface area contributed by atoms with Crippen LogP contribution in [-0.4, -0.2) is 31.3 Å². The number of methoxy groups -OCH3 is 3. The van der Waals surface area contributed by atoms with E-state index in [1.807, 2.05) is 24.3 Å². The van der Waals surface area contributed by atoms with Crippen molar-refractivity contribution in [3.05, 3.63) is 53.7 Å². The van der Waals surface area contributed by atoms with Crippen molar-refractivity contribution in [2.75, 3.05) is 32.0 Å². The summed E-state index contributed by atoms with van der Waals surface area (Å²) >= 11 is 6.15. The molecule has 1 aromatic heterocycles. The summed E-state index contributed by atoms with van der Waals surface area (Å²) < 4.78 is 15.8.